The molecule has 104 valence electrons. The molecule has 19 heavy (non-hydrogen) atoms. The molecule has 1 aromatic rings. The molecule has 0 saturated heterocycles. The Morgan fingerprint density at radius 3 is 2.58 bits per heavy atom. The third-order valence-corrected chi connectivity index (χ3v) is 3.76. The van der Waals surface area contributed by atoms with Crippen molar-refractivity contribution < 1.29 is 14.3 Å². The summed E-state index contributed by atoms with van der Waals surface area (Å²) in [5.74, 6) is -0.412. The van der Waals surface area contributed by atoms with Crippen molar-refractivity contribution >= 4 is 23.6 Å². The highest BCUT2D eigenvalue weighted by Gasteiger charge is 2.14. The van der Waals surface area contributed by atoms with Crippen LogP contribution in [0.15, 0.2) is 23.1 Å². The van der Waals surface area contributed by atoms with Crippen molar-refractivity contribution in [1.82, 2.24) is 0 Å². The SMILES string of the molecule is Cc1ccc(SCCC(=O)O[C@H](C)C(N)=O)cc1C. The van der Waals surface area contributed by atoms with E-state index < -0.39 is 18.0 Å². The van der Waals surface area contributed by atoms with E-state index in [0.717, 1.165) is 4.90 Å². The molecule has 0 aliphatic heterocycles. The summed E-state index contributed by atoms with van der Waals surface area (Å²) in [7, 11) is 0. The number of nitrogens with two attached hydrogens (primary N) is 1. The van der Waals surface area contributed by atoms with Crippen LogP contribution in [-0.2, 0) is 14.3 Å². The molecule has 1 rings (SSSR count). The topological polar surface area (TPSA) is 69.4 Å². The predicted octanol–water partition coefficient (Wildman–Crippen LogP) is 2.20. The largest absolute Gasteiger partial charge is 0.453 e. The molecule has 1 aromatic carbocycles. The molecule has 1 atom stereocenters. The Bertz CT molecular complexity index is 474. The van der Waals surface area contributed by atoms with Crippen LogP contribution < -0.4 is 5.73 Å². The molecule has 0 aliphatic carbocycles. The number of primary amides is 1. The maximum atomic E-state index is 11.4. The van der Waals surface area contributed by atoms with Gasteiger partial charge in [0.1, 0.15) is 0 Å². The van der Waals surface area contributed by atoms with Crippen LogP contribution in [0.5, 0.6) is 0 Å². The highest BCUT2D eigenvalue weighted by Crippen LogP contribution is 2.21. The van der Waals surface area contributed by atoms with Crippen molar-refractivity contribution in [2.45, 2.75) is 38.2 Å². The van der Waals surface area contributed by atoms with Crippen LogP contribution in [0.2, 0.25) is 0 Å². The molecule has 0 saturated carbocycles. The number of aryl methyl sites for hydroxylation is 2. The fourth-order valence-corrected chi connectivity index (χ4v) is 2.30. The number of carbonyl (C=O) groups is 2. The zero-order valence-electron chi connectivity index (χ0n) is 11.4. The average molecular weight is 281 g/mol. The molecule has 0 fully saturated rings. The second-order valence-electron chi connectivity index (χ2n) is 4.38. The number of benzene rings is 1. The summed E-state index contributed by atoms with van der Waals surface area (Å²) < 4.78 is 4.87. The van der Waals surface area contributed by atoms with E-state index in [1.807, 2.05) is 6.07 Å². The van der Waals surface area contributed by atoms with Gasteiger partial charge in [-0.2, -0.15) is 0 Å². The molecule has 0 unspecified atom stereocenters. The minimum Gasteiger partial charge on any atom is -0.453 e. The lowest BCUT2D eigenvalue weighted by Crippen LogP contribution is -2.30. The first-order valence-corrected chi connectivity index (χ1v) is 7.07. The van der Waals surface area contributed by atoms with Crippen molar-refractivity contribution in [2.75, 3.05) is 5.75 Å². The lowest BCUT2D eigenvalue weighted by Gasteiger charge is -2.09. The first kappa shape index (κ1) is 15.6. The van der Waals surface area contributed by atoms with E-state index in [1.54, 1.807) is 11.8 Å². The number of esters is 1. The molecule has 0 radical (unpaired) electrons. The van der Waals surface area contributed by atoms with Gasteiger partial charge in [0, 0.05) is 10.6 Å². The van der Waals surface area contributed by atoms with Crippen LogP contribution in [0, 0.1) is 13.8 Å². The fourth-order valence-electron chi connectivity index (χ4n) is 1.37. The molecule has 5 heteroatoms. The number of ether oxygens (including phenoxy) is 1. The van der Waals surface area contributed by atoms with Gasteiger partial charge in [-0.3, -0.25) is 9.59 Å². The zero-order valence-corrected chi connectivity index (χ0v) is 12.3. The van der Waals surface area contributed by atoms with Gasteiger partial charge in [-0.1, -0.05) is 6.07 Å². The van der Waals surface area contributed by atoms with Gasteiger partial charge in [0.25, 0.3) is 5.91 Å². The first-order chi connectivity index (χ1) is 8.90. The van der Waals surface area contributed by atoms with E-state index >= 15 is 0 Å². The van der Waals surface area contributed by atoms with Crippen molar-refractivity contribution in [3.8, 4) is 0 Å². The summed E-state index contributed by atoms with van der Waals surface area (Å²) in [6.45, 7) is 5.59. The van der Waals surface area contributed by atoms with Gasteiger partial charge in [-0.05, 0) is 44.0 Å². The Kier molecular flexibility index (Phi) is 5.89. The highest BCUT2D eigenvalue weighted by molar-refractivity contribution is 7.99. The average Bonchev–Trinajstić information content (AvgIpc) is 2.33. The fraction of sp³-hybridized carbons (Fsp3) is 0.429. The zero-order chi connectivity index (χ0) is 14.4. The second-order valence-corrected chi connectivity index (χ2v) is 5.55. The van der Waals surface area contributed by atoms with Crippen LogP contribution in [0.1, 0.15) is 24.5 Å². The minimum atomic E-state index is -0.862. The van der Waals surface area contributed by atoms with Crippen LogP contribution in [-0.4, -0.2) is 23.7 Å². The van der Waals surface area contributed by atoms with Crippen molar-refractivity contribution in [3.63, 3.8) is 0 Å². The minimum absolute atomic E-state index is 0.259. The summed E-state index contributed by atoms with van der Waals surface area (Å²) in [5.41, 5.74) is 7.49. The molecule has 0 spiro atoms. The molecule has 4 nitrogen and oxygen atoms in total. The Morgan fingerprint density at radius 1 is 1.32 bits per heavy atom. The molecule has 0 bridgehead atoms. The number of rotatable bonds is 6. The van der Waals surface area contributed by atoms with Crippen molar-refractivity contribution in [1.29, 1.82) is 0 Å². The third-order valence-electron chi connectivity index (χ3n) is 2.76. The molecule has 2 N–H and O–H groups in total. The van der Waals surface area contributed by atoms with E-state index in [-0.39, 0.29) is 6.42 Å². The Labute approximate surface area is 117 Å². The molecule has 0 aliphatic rings. The number of hydrogen-bond acceptors (Lipinski definition) is 4. The molecule has 1 amide bonds. The molecule has 0 heterocycles. The smallest absolute Gasteiger partial charge is 0.307 e. The number of thioether (sulfide) groups is 1. The van der Waals surface area contributed by atoms with Crippen molar-refractivity contribution in [2.24, 2.45) is 5.73 Å². The maximum Gasteiger partial charge on any atom is 0.307 e. The monoisotopic (exact) mass is 281 g/mol. The third kappa shape index (κ3) is 5.34. The van der Waals surface area contributed by atoms with Gasteiger partial charge in [-0.25, -0.2) is 0 Å². The Balaban J connectivity index is 2.35. The summed E-state index contributed by atoms with van der Waals surface area (Å²) in [4.78, 5) is 23.3. The highest BCUT2D eigenvalue weighted by atomic mass is 32.2. The van der Waals surface area contributed by atoms with E-state index in [4.69, 9.17) is 10.5 Å². The number of amides is 1. The summed E-state index contributed by atoms with van der Waals surface area (Å²) in [6, 6.07) is 6.19. The quantitative estimate of drug-likeness (QED) is 0.641. The number of carbonyl (C=O) groups excluding carboxylic acids is 2. The lowest BCUT2D eigenvalue weighted by atomic mass is 10.1. The van der Waals surface area contributed by atoms with Gasteiger partial charge in [0.15, 0.2) is 6.10 Å². The van der Waals surface area contributed by atoms with E-state index in [9.17, 15) is 9.59 Å². The first-order valence-electron chi connectivity index (χ1n) is 6.09. The lowest BCUT2D eigenvalue weighted by molar-refractivity contribution is -0.153. The van der Waals surface area contributed by atoms with Gasteiger partial charge in [0.2, 0.25) is 0 Å². The number of hydrogen-bond donors (Lipinski definition) is 1. The summed E-state index contributed by atoms with van der Waals surface area (Å²) in [5, 5.41) is 0. The summed E-state index contributed by atoms with van der Waals surface area (Å²) >= 11 is 1.59. The van der Waals surface area contributed by atoms with E-state index in [2.05, 4.69) is 26.0 Å². The Hall–Kier alpha value is -1.49. The van der Waals surface area contributed by atoms with Crippen LogP contribution in [0.25, 0.3) is 0 Å². The molecule has 0 aromatic heterocycles. The van der Waals surface area contributed by atoms with Gasteiger partial charge >= 0.3 is 5.97 Å². The van der Waals surface area contributed by atoms with Crippen LogP contribution in [0.4, 0.5) is 0 Å². The Morgan fingerprint density at radius 2 is 2.00 bits per heavy atom. The molecular weight excluding hydrogens is 262 g/mol. The molecular formula is C14H19NO3S. The normalized spacial score (nSPS) is 11.9. The van der Waals surface area contributed by atoms with Gasteiger partial charge in [0.05, 0.1) is 6.42 Å². The maximum absolute atomic E-state index is 11.4. The second kappa shape index (κ2) is 7.19. The predicted molar refractivity (Wildman–Crippen MR) is 76.0 cm³/mol. The summed E-state index contributed by atoms with van der Waals surface area (Å²) in [6.07, 6.45) is -0.603. The van der Waals surface area contributed by atoms with Crippen molar-refractivity contribution in [3.05, 3.63) is 29.3 Å². The van der Waals surface area contributed by atoms with E-state index in [1.165, 1.54) is 18.1 Å². The van der Waals surface area contributed by atoms with Gasteiger partial charge < -0.3 is 10.5 Å². The van der Waals surface area contributed by atoms with Crippen LogP contribution in [0.3, 0.4) is 0 Å². The van der Waals surface area contributed by atoms with Gasteiger partial charge in [-0.15, -0.1) is 11.8 Å². The van der Waals surface area contributed by atoms with Crippen LogP contribution >= 0.6 is 11.8 Å². The van der Waals surface area contributed by atoms with E-state index in [0.29, 0.717) is 5.75 Å². The standard InChI is InChI=1S/C14H19NO3S/c1-9-4-5-12(8-10(9)2)19-7-6-13(16)18-11(3)14(15)17/h4-5,8,11H,6-7H2,1-3H3,(H2,15,17)/t11-/m1/s1.